The van der Waals surface area contributed by atoms with Gasteiger partial charge in [-0.25, -0.2) is 14.8 Å². The van der Waals surface area contributed by atoms with Crippen molar-refractivity contribution in [1.82, 2.24) is 19.9 Å². The number of rotatable bonds is 7. The van der Waals surface area contributed by atoms with E-state index >= 15 is 0 Å². The zero-order valence-electron chi connectivity index (χ0n) is 16.7. The molecule has 29 heavy (non-hydrogen) atoms. The second-order valence-electron chi connectivity index (χ2n) is 7.27. The lowest BCUT2D eigenvalue weighted by molar-refractivity contribution is 0.252. The Labute approximate surface area is 170 Å². The third kappa shape index (κ3) is 4.50. The van der Waals surface area contributed by atoms with E-state index in [9.17, 15) is 4.79 Å². The number of amides is 2. The lowest BCUT2D eigenvalue weighted by atomic mass is 10.2. The summed E-state index contributed by atoms with van der Waals surface area (Å²) in [5, 5.41) is 5.78. The molecule has 0 atom stereocenters. The minimum atomic E-state index is -0.226. The SMILES string of the molecule is CCOc1ccc(NC(=O)NCCc2nc3cccnc3n2C2CCCC2)cc1. The van der Waals surface area contributed by atoms with E-state index in [4.69, 9.17) is 9.72 Å². The summed E-state index contributed by atoms with van der Waals surface area (Å²) in [6, 6.07) is 11.5. The fraction of sp³-hybridized carbons (Fsp3) is 0.409. The van der Waals surface area contributed by atoms with E-state index in [-0.39, 0.29) is 6.03 Å². The first kappa shape index (κ1) is 19.2. The number of urea groups is 1. The van der Waals surface area contributed by atoms with Crippen LogP contribution in [0.1, 0.15) is 44.5 Å². The molecule has 7 nitrogen and oxygen atoms in total. The van der Waals surface area contributed by atoms with Gasteiger partial charge in [0.25, 0.3) is 0 Å². The molecule has 3 aromatic rings. The van der Waals surface area contributed by atoms with Gasteiger partial charge >= 0.3 is 6.03 Å². The van der Waals surface area contributed by atoms with E-state index < -0.39 is 0 Å². The van der Waals surface area contributed by atoms with E-state index in [1.54, 1.807) is 0 Å². The van der Waals surface area contributed by atoms with Gasteiger partial charge in [-0.2, -0.15) is 0 Å². The lowest BCUT2D eigenvalue weighted by Crippen LogP contribution is -2.31. The van der Waals surface area contributed by atoms with Crippen LogP contribution in [-0.2, 0) is 6.42 Å². The molecule has 7 heteroatoms. The number of ether oxygens (including phenoxy) is 1. The first-order chi connectivity index (χ1) is 14.2. The lowest BCUT2D eigenvalue weighted by Gasteiger charge is -2.16. The van der Waals surface area contributed by atoms with Gasteiger partial charge in [-0.15, -0.1) is 0 Å². The van der Waals surface area contributed by atoms with Gasteiger partial charge < -0.3 is 19.9 Å². The van der Waals surface area contributed by atoms with Crippen molar-refractivity contribution in [3.8, 4) is 5.75 Å². The fourth-order valence-corrected chi connectivity index (χ4v) is 3.96. The largest absolute Gasteiger partial charge is 0.494 e. The molecule has 1 fully saturated rings. The van der Waals surface area contributed by atoms with Crippen LogP contribution in [-0.4, -0.2) is 33.7 Å². The molecule has 2 N–H and O–H groups in total. The van der Waals surface area contributed by atoms with Gasteiger partial charge in [-0.1, -0.05) is 12.8 Å². The number of carbonyl (C=O) groups is 1. The number of carbonyl (C=O) groups excluding carboxylic acids is 1. The number of aromatic nitrogens is 3. The molecule has 0 unspecified atom stereocenters. The molecule has 0 radical (unpaired) electrons. The number of anilines is 1. The van der Waals surface area contributed by atoms with Crippen LogP contribution < -0.4 is 15.4 Å². The highest BCUT2D eigenvalue weighted by molar-refractivity contribution is 5.89. The summed E-state index contributed by atoms with van der Waals surface area (Å²) in [5.74, 6) is 1.78. The van der Waals surface area contributed by atoms with Crippen molar-refractivity contribution in [2.75, 3.05) is 18.5 Å². The number of fused-ring (bicyclic) bond motifs is 1. The van der Waals surface area contributed by atoms with Gasteiger partial charge in [0.15, 0.2) is 5.65 Å². The predicted octanol–water partition coefficient (Wildman–Crippen LogP) is 4.31. The molecule has 2 heterocycles. The Morgan fingerprint density at radius 2 is 2.00 bits per heavy atom. The van der Waals surface area contributed by atoms with E-state index in [0.717, 1.165) is 28.4 Å². The Kier molecular flexibility index (Phi) is 5.93. The Morgan fingerprint density at radius 3 is 2.76 bits per heavy atom. The van der Waals surface area contributed by atoms with Gasteiger partial charge in [-0.05, 0) is 56.2 Å². The van der Waals surface area contributed by atoms with E-state index in [1.807, 2.05) is 49.5 Å². The number of hydrogen-bond acceptors (Lipinski definition) is 4. The molecular formula is C22H27N5O2. The van der Waals surface area contributed by atoms with Crippen LogP contribution in [0, 0.1) is 0 Å². The fourth-order valence-electron chi connectivity index (χ4n) is 3.96. The third-order valence-electron chi connectivity index (χ3n) is 5.27. The normalized spacial score (nSPS) is 14.2. The number of hydrogen-bond donors (Lipinski definition) is 2. The van der Waals surface area contributed by atoms with Gasteiger partial charge in [0, 0.05) is 30.9 Å². The summed E-state index contributed by atoms with van der Waals surface area (Å²) < 4.78 is 7.70. The molecule has 2 amide bonds. The summed E-state index contributed by atoms with van der Waals surface area (Å²) >= 11 is 0. The van der Waals surface area contributed by atoms with Gasteiger partial charge in [-0.3, -0.25) is 0 Å². The molecular weight excluding hydrogens is 366 g/mol. The summed E-state index contributed by atoms with van der Waals surface area (Å²) in [7, 11) is 0. The van der Waals surface area contributed by atoms with E-state index in [2.05, 4.69) is 20.2 Å². The summed E-state index contributed by atoms with van der Waals surface area (Å²) in [5.41, 5.74) is 2.61. The van der Waals surface area contributed by atoms with E-state index in [0.29, 0.717) is 25.6 Å². The van der Waals surface area contributed by atoms with Crippen LogP contribution in [0.3, 0.4) is 0 Å². The number of pyridine rings is 1. The van der Waals surface area contributed by atoms with Gasteiger partial charge in [0.05, 0.1) is 6.61 Å². The number of benzene rings is 1. The molecule has 1 saturated carbocycles. The molecule has 0 saturated heterocycles. The standard InChI is InChI=1S/C22H27N5O2/c1-2-29-18-11-9-16(10-12-18)25-22(28)24-15-13-20-26-19-8-5-14-23-21(19)27(20)17-6-3-4-7-17/h5,8-12,14,17H,2-4,6-7,13,15H2,1H3,(H2,24,25,28). The van der Waals surface area contributed by atoms with Crippen LogP contribution in [0.4, 0.5) is 10.5 Å². The van der Waals surface area contributed by atoms with Crippen molar-refractivity contribution in [2.24, 2.45) is 0 Å². The van der Waals surface area contributed by atoms with Crippen molar-refractivity contribution in [3.63, 3.8) is 0 Å². The van der Waals surface area contributed by atoms with Crippen molar-refractivity contribution >= 4 is 22.9 Å². The Hall–Kier alpha value is -3.09. The highest BCUT2D eigenvalue weighted by Crippen LogP contribution is 2.33. The highest BCUT2D eigenvalue weighted by atomic mass is 16.5. The van der Waals surface area contributed by atoms with Crippen LogP contribution in [0.25, 0.3) is 11.2 Å². The molecule has 1 aromatic carbocycles. The maximum absolute atomic E-state index is 12.2. The topological polar surface area (TPSA) is 81.1 Å². The second-order valence-corrected chi connectivity index (χ2v) is 7.27. The molecule has 0 spiro atoms. The van der Waals surface area contributed by atoms with Crippen LogP contribution in [0.2, 0.25) is 0 Å². The zero-order valence-corrected chi connectivity index (χ0v) is 16.7. The zero-order chi connectivity index (χ0) is 20.1. The molecule has 2 aromatic heterocycles. The maximum atomic E-state index is 12.2. The van der Waals surface area contributed by atoms with Gasteiger partial charge in [0.2, 0.25) is 0 Å². The number of imidazole rings is 1. The average Bonchev–Trinajstić information content (AvgIpc) is 3.37. The van der Waals surface area contributed by atoms with Crippen molar-refractivity contribution < 1.29 is 9.53 Å². The monoisotopic (exact) mass is 393 g/mol. The van der Waals surface area contributed by atoms with Crippen LogP contribution >= 0.6 is 0 Å². The van der Waals surface area contributed by atoms with Crippen molar-refractivity contribution in [2.45, 2.75) is 45.1 Å². The Balaban J connectivity index is 1.37. The Bertz CT molecular complexity index is 961. The summed E-state index contributed by atoms with van der Waals surface area (Å²) in [4.78, 5) is 21.6. The van der Waals surface area contributed by atoms with Crippen LogP contribution in [0.15, 0.2) is 42.6 Å². The molecule has 0 aliphatic heterocycles. The number of nitrogens with one attached hydrogen (secondary N) is 2. The first-order valence-electron chi connectivity index (χ1n) is 10.3. The smallest absolute Gasteiger partial charge is 0.319 e. The molecule has 1 aliphatic rings. The number of nitrogens with zero attached hydrogens (tertiary/aromatic N) is 3. The molecule has 152 valence electrons. The summed E-state index contributed by atoms with van der Waals surface area (Å²) in [6.07, 6.45) is 7.32. The maximum Gasteiger partial charge on any atom is 0.319 e. The predicted molar refractivity (Wildman–Crippen MR) is 113 cm³/mol. The summed E-state index contributed by atoms with van der Waals surface area (Å²) in [6.45, 7) is 3.07. The van der Waals surface area contributed by atoms with E-state index in [1.165, 1.54) is 25.7 Å². The molecule has 4 rings (SSSR count). The minimum absolute atomic E-state index is 0.226. The third-order valence-corrected chi connectivity index (χ3v) is 5.27. The average molecular weight is 393 g/mol. The highest BCUT2D eigenvalue weighted by Gasteiger charge is 2.23. The first-order valence-corrected chi connectivity index (χ1v) is 10.3. The van der Waals surface area contributed by atoms with Crippen molar-refractivity contribution in [1.29, 1.82) is 0 Å². The van der Waals surface area contributed by atoms with Crippen LogP contribution in [0.5, 0.6) is 5.75 Å². The minimum Gasteiger partial charge on any atom is -0.494 e. The Morgan fingerprint density at radius 1 is 1.21 bits per heavy atom. The molecule has 0 bridgehead atoms. The molecule has 1 aliphatic carbocycles. The van der Waals surface area contributed by atoms with Gasteiger partial charge in [0.1, 0.15) is 17.1 Å². The second kappa shape index (κ2) is 8.94. The van der Waals surface area contributed by atoms with Crippen molar-refractivity contribution in [3.05, 3.63) is 48.4 Å². The quantitative estimate of drug-likeness (QED) is 0.627.